The largest absolute Gasteiger partial charge is 0.488 e. The zero-order valence-electron chi connectivity index (χ0n) is 13.5. The molecule has 0 saturated carbocycles. The maximum atomic E-state index is 10.2. The van der Waals surface area contributed by atoms with Crippen molar-refractivity contribution in [2.45, 2.75) is 39.0 Å². The van der Waals surface area contributed by atoms with Crippen molar-refractivity contribution < 1.29 is 9.84 Å². The maximum Gasteiger partial charge on any atom is 0.120 e. The molecule has 0 heterocycles. The van der Waals surface area contributed by atoms with E-state index in [1.807, 2.05) is 63.2 Å². The summed E-state index contributed by atoms with van der Waals surface area (Å²) in [5, 5.41) is 13.5. The molecule has 3 nitrogen and oxygen atoms in total. The Morgan fingerprint density at radius 3 is 2.23 bits per heavy atom. The van der Waals surface area contributed by atoms with Gasteiger partial charge in [-0.2, -0.15) is 0 Å². The van der Waals surface area contributed by atoms with Crippen LogP contribution >= 0.6 is 0 Å². The molecular formula is C19H25NO2. The van der Waals surface area contributed by atoms with Crippen molar-refractivity contribution in [1.29, 1.82) is 0 Å². The highest BCUT2D eigenvalue weighted by Crippen LogP contribution is 2.21. The number of hydrogen-bond acceptors (Lipinski definition) is 3. The minimum Gasteiger partial charge on any atom is -0.488 e. The van der Waals surface area contributed by atoms with Gasteiger partial charge in [-0.15, -0.1) is 0 Å². The van der Waals surface area contributed by atoms with Crippen LogP contribution in [0.3, 0.4) is 0 Å². The number of hydrogen-bond donors (Lipinski definition) is 2. The van der Waals surface area contributed by atoms with E-state index in [-0.39, 0.29) is 5.60 Å². The topological polar surface area (TPSA) is 41.5 Å². The first-order valence-corrected chi connectivity index (χ1v) is 7.66. The summed E-state index contributed by atoms with van der Waals surface area (Å²) in [6.45, 7) is 7.33. The maximum absolute atomic E-state index is 10.2. The third-order valence-corrected chi connectivity index (χ3v) is 3.20. The van der Waals surface area contributed by atoms with E-state index in [2.05, 4.69) is 17.4 Å². The lowest BCUT2D eigenvalue weighted by atomic mass is 10.1. The Balaban J connectivity index is 1.83. The summed E-state index contributed by atoms with van der Waals surface area (Å²) in [5.74, 6) is 0.820. The van der Waals surface area contributed by atoms with Crippen molar-refractivity contribution in [2.24, 2.45) is 0 Å². The van der Waals surface area contributed by atoms with E-state index in [0.717, 1.165) is 17.9 Å². The van der Waals surface area contributed by atoms with Crippen molar-refractivity contribution >= 4 is 0 Å². The van der Waals surface area contributed by atoms with E-state index in [9.17, 15) is 5.11 Å². The third-order valence-electron chi connectivity index (χ3n) is 3.20. The molecule has 22 heavy (non-hydrogen) atoms. The minimum absolute atomic E-state index is 0.211. The van der Waals surface area contributed by atoms with E-state index in [0.29, 0.717) is 6.54 Å². The third kappa shape index (κ3) is 5.51. The summed E-state index contributed by atoms with van der Waals surface area (Å²) < 4.78 is 5.78. The molecule has 0 aromatic heterocycles. The number of rotatable bonds is 6. The monoisotopic (exact) mass is 299 g/mol. The van der Waals surface area contributed by atoms with E-state index in [1.54, 1.807) is 0 Å². The normalized spacial score (nSPS) is 12.9. The molecule has 2 aromatic rings. The standard InChI is InChI=1S/C19H25NO2/c1-19(2,3)22-17-11-9-16(10-12-17)18(21)14-20-13-15-7-5-4-6-8-15/h4-12,18,20-21H,13-14H2,1-3H3. The number of aliphatic hydroxyl groups excluding tert-OH is 1. The summed E-state index contributed by atoms with van der Waals surface area (Å²) in [6, 6.07) is 17.8. The summed E-state index contributed by atoms with van der Waals surface area (Å²) in [5.41, 5.74) is 1.89. The van der Waals surface area contributed by atoms with Crippen LogP contribution in [0.15, 0.2) is 54.6 Å². The van der Waals surface area contributed by atoms with Crippen LogP contribution in [0.2, 0.25) is 0 Å². The smallest absolute Gasteiger partial charge is 0.120 e. The van der Waals surface area contributed by atoms with Gasteiger partial charge in [-0.1, -0.05) is 42.5 Å². The van der Waals surface area contributed by atoms with Crippen LogP contribution in [0.1, 0.15) is 38.0 Å². The highest BCUT2D eigenvalue weighted by molar-refractivity contribution is 5.29. The number of ether oxygens (including phenoxy) is 1. The van der Waals surface area contributed by atoms with Crippen molar-refractivity contribution in [3.8, 4) is 5.75 Å². The van der Waals surface area contributed by atoms with E-state index in [4.69, 9.17) is 4.74 Å². The number of benzene rings is 2. The van der Waals surface area contributed by atoms with Gasteiger partial charge in [0.05, 0.1) is 6.10 Å². The molecule has 1 unspecified atom stereocenters. The molecule has 0 saturated heterocycles. The van der Waals surface area contributed by atoms with Gasteiger partial charge in [0, 0.05) is 13.1 Å². The average Bonchev–Trinajstić information content (AvgIpc) is 2.47. The molecule has 0 aliphatic carbocycles. The van der Waals surface area contributed by atoms with Gasteiger partial charge in [0.2, 0.25) is 0 Å². The quantitative estimate of drug-likeness (QED) is 0.855. The summed E-state index contributed by atoms with van der Waals surface area (Å²) >= 11 is 0. The highest BCUT2D eigenvalue weighted by atomic mass is 16.5. The Morgan fingerprint density at radius 2 is 1.64 bits per heavy atom. The molecule has 0 aliphatic heterocycles. The molecule has 3 heteroatoms. The van der Waals surface area contributed by atoms with Gasteiger partial charge in [-0.3, -0.25) is 0 Å². The van der Waals surface area contributed by atoms with Gasteiger partial charge in [-0.25, -0.2) is 0 Å². The fourth-order valence-corrected chi connectivity index (χ4v) is 2.18. The van der Waals surface area contributed by atoms with Crippen LogP contribution in [0, 0.1) is 0 Å². The second-order valence-electron chi connectivity index (χ2n) is 6.42. The van der Waals surface area contributed by atoms with Crippen molar-refractivity contribution in [3.05, 3.63) is 65.7 Å². The van der Waals surface area contributed by atoms with Crippen LogP contribution in [0.5, 0.6) is 5.75 Å². The van der Waals surface area contributed by atoms with Gasteiger partial charge in [0.1, 0.15) is 11.4 Å². The van der Waals surface area contributed by atoms with Crippen LogP contribution in [-0.2, 0) is 6.54 Å². The first kappa shape index (κ1) is 16.5. The van der Waals surface area contributed by atoms with Crippen LogP contribution in [0.4, 0.5) is 0 Å². The van der Waals surface area contributed by atoms with Crippen LogP contribution in [-0.4, -0.2) is 17.3 Å². The minimum atomic E-state index is -0.521. The number of aliphatic hydroxyl groups is 1. The molecule has 0 fully saturated rings. The predicted octanol–water partition coefficient (Wildman–Crippen LogP) is 3.69. The molecule has 1 atom stereocenters. The highest BCUT2D eigenvalue weighted by Gasteiger charge is 2.12. The molecule has 0 amide bonds. The summed E-state index contributed by atoms with van der Waals surface area (Å²) in [6.07, 6.45) is -0.521. The van der Waals surface area contributed by atoms with E-state index >= 15 is 0 Å². The first-order chi connectivity index (χ1) is 10.4. The molecule has 2 rings (SSSR count). The van der Waals surface area contributed by atoms with Gasteiger partial charge in [-0.05, 0) is 44.0 Å². The second kappa shape index (κ2) is 7.43. The lowest BCUT2D eigenvalue weighted by molar-refractivity contribution is 0.130. The van der Waals surface area contributed by atoms with Crippen molar-refractivity contribution in [3.63, 3.8) is 0 Å². The lowest BCUT2D eigenvalue weighted by Gasteiger charge is -2.21. The fraction of sp³-hybridized carbons (Fsp3) is 0.368. The molecule has 118 valence electrons. The molecule has 0 spiro atoms. The zero-order chi connectivity index (χ0) is 16.0. The van der Waals surface area contributed by atoms with E-state index in [1.165, 1.54) is 5.56 Å². The SMILES string of the molecule is CC(C)(C)Oc1ccc(C(O)CNCc2ccccc2)cc1. The van der Waals surface area contributed by atoms with Crippen molar-refractivity contribution in [1.82, 2.24) is 5.32 Å². The molecular weight excluding hydrogens is 274 g/mol. The Hall–Kier alpha value is -1.84. The molecule has 2 aromatic carbocycles. The Bertz CT molecular complexity index is 558. The predicted molar refractivity (Wildman–Crippen MR) is 89.9 cm³/mol. The summed E-state index contributed by atoms with van der Waals surface area (Å²) in [4.78, 5) is 0. The van der Waals surface area contributed by atoms with Crippen molar-refractivity contribution in [2.75, 3.05) is 6.54 Å². The Morgan fingerprint density at radius 1 is 1.00 bits per heavy atom. The Kier molecular flexibility index (Phi) is 5.58. The fourth-order valence-electron chi connectivity index (χ4n) is 2.18. The Labute approximate surface area is 133 Å². The van der Waals surface area contributed by atoms with Gasteiger partial charge < -0.3 is 15.2 Å². The second-order valence-corrected chi connectivity index (χ2v) is 6.42. The average molecular weight is 299 g/mol. The van der Waals surface area contributed by atoms with Gasteiger partial charge in [0.15, 0.2) is 0 Å². The van der Waals surface area contributed by atoms with Crippen LogP contribution in [0.25, 0.3) is 0 Å². The molecule has 0 radical (unpaired) electrons. The lowest BCUT2D eigenvalue weighted by Crippen LogP contribution is -2.23. The first-order valence-electron chi connectivity index (χ1n) is 7.66. The zero-order valence-corrected chi connectivity index (χ0v) is 13.5. The van der Waals surface area contributed by atoms with Crippen LogP contribution < -0.4 is 10.1 Å². The summed E-state index contributed by atoms with van der Waals surface area (Å²) in [7, 11) is 0. The molecule has 0 aliphatic rings. The van der Waals surface area contributed by atoms with Gasteiger partial charge in [0.25, 0.3) is 0 Å². The molecule has 2 N–H and O–H groups in total. The van der Waals surface area contributed by atoms with E-state index < -0.39 is 6.10 Å². The van der Waals surface area contributed by atoms with Gasteiger partial charge >= 0.3 is 0 Å². The number of nitrogens with one attached hydrogen (secondary N) is 1. The molecule has 0 bridgehead atoms.